The number of nitrogens with zero attached hydrogens (tertiary/aromatic N) is 1. The molecule has 1 fully saturated rings. The second kappa shape index (κ2) is 4.59. The maximum atomic E-state index is 5.96. The molecule has 3 rings (SSSR count). The van der Waals surface area contributed by atoms with Crippen LogP contribution in [0.3, 0.4) is 0 Å². The van der Waals surface area contributed by atoms with Gasteiger partial charge >= 0.3 is 0 Å². The van der Waals surface area contributed by atoms with Crippen LogP contribution in [0.4, 0.5) is 0 Å². The lowest BCUT2D eigenvalue weighted by Crippen LogP contribution is -2.35. The van der Waals surface area contributed by atoms with Crippen LogP contribution in [0.15, 0.2) is 22.7 Å². The molecular formula is C13H17BrN2O. The fourth-order valence-electron chi connectivity index (χ4n) is 2.71. The molecule has 0 spiro atoms. The Labute approximate surface area is 110 Å². The normalized spacial score (nSPS) is 28.1. The van der Waals surface area contributed by atoms with Crippen LogP contribution < -0.4 is 10.5 Å². The van der Waals surface area contributed by atoms with E-state index >= 15 is 0 Å². The topological polar surface area (TPSA) is 38.5 Å². The summed E-state index contributed by atoms with van der Waals surface area (Å²) in [7, 11) is 0. The van der Waals surface area contributed by atoms with Crippen molar-refractivity contribution in [3.05, 3.63) is 28.2 Å². The van der Waals surface area contributed by atoms with Crippen LogP contribution in [-0.2, 0) is 6.42 Å². The summed E-state index contributed by atoms with van der Waals surface area (Å²) in [5.41, 5.74) is 7.23. The second-order valence-corrected chi connectivity index (χ2v) is 5.92. The summed E-state index contributed by atoms with van der Waals surface area (Å²) in [6.45, 7) is 3.13. The van der Waals surface area contributed by atoms with E-state index in [9.17, 15) is 0 Å². The zero-order valence-corrected chi connectivity index (χ0v) is 11.3. The molecule has 2 heterocycles. The number of nitrogens with two attached hydrogens (primary N) is 1. The van der Waals surface area contributed by atoms with Crippen molar-refractivity contribution in [2.24, 2.45) is 5.73 Å². The van der Waals surface area contributed by atoms with Crippen molar-refractivity contribution in [2.45, 2.75) is 25.0 Å². The molecule has 0 aromatic heterocycles. The van der Waals surface area contributed by atoms with E-state index in [0.29, 0.717) is 12.1 Å². The summed E-state index contributed by atoms with van der Waals surface area (Å²) in [4.78, 5) is 2.41. The van der Waals surface area contributed by atoms with Gasteiger partial charge in [-0.2, -0.15) is 0 Å². The smallest absolute Gasteiger partial charge is 0.123 e. The molecule has 0 bridgehead atoms. The molecule has 1 aromatic carbocycles. The first kappa shape index (κ1) is 11.5. The molecule has 0 saturated carbocycles. The van der Waals surface area contributed by atoms with Gasteiger partial charge in [0.15, 0.2) is 0 Å². The van der Waals surface area contributed by atoms with Gasteiger partial charge in [0, 0.05) is 30.0 Å². The predicted octanol–water partition coefficient (Wildman–Crippen LogP) is 1.79. The van der Waals surface area contributed by atoms with Crippen LogP contribution in [0, 0.1) is 0 Å². The Bertz CT molecular complexity index is 424. The first-order valence-corrected chi connectivity index (χ1v) is 6.93. The maximum Gasteiger partial charge on any atom is 0.123 e. The Morgan fingerprint density at radius 1 is 1.47 bits per heavy atom. The third-order valence-corrected chi connectivity index (χ3v) is 4.03. The van der Waals surface area contributed by atoms with Gasteiger partial charge in [-0.15, -0.1) is 0 Å². The summed E-state index contributed by atoms with van der Waals surface area (Å²) in [6, 6.07) is 6.60. The highest BCUT2D eigenvalue weighted by molar-refractivity contribution is 9.10. The van der Waals surface area contributed by atoms with Crippen LogP contribution in [0.1, 0.15) is 12.0 Å². The third-order valence-electron chi connectivity index (χ3n) is 3.53. The van der Waals surface area contributed by atoms with E-state index in [1.807, 2.05) is 6.07 Å². The quantitative estimate of drug-likeness (QED) is 0.904. The minimum absolute atomic E-state index is 0.296. The van der Waals surface area contributed by atoms with E-state index in [2.05, 4.69) is 33.0 Å². The number of halogens is 1. The zero-order valence-electron chi connectivity index (χ0n) is 9.73. The Morgan fingerprint density at radius 2 is 2.35 bits per heavy atom. The average Bonchev–Trinajstić information content (AvgIpc) is 2.84. The van der Waals surface area contributed by atoms with E-state index in [0.717, 1.165) is 42.7 Å². The molecule has 0 radical (unpaired) electrons. The minimum atomic E-state index is 0.296. The number of ether oxygens (including phenoxy) is 1. The molecule has 0 amide bonds. The van der Waals surface area contributed by atoms with Crippen molar-refractivity contribution in [2.75, 3.05) is 19.6 Å². The van der Waals surface area contributed by atoms with Gasteiger partial charge in [0.1, 0.15) is 11.9 Å². The molecule has 17 heavy (non-hydrogen) atoms. The summed E-state index contributed by atoms with van der Waals surface area (Å²) in [6.07, 6.45) is 2.43. The number of hydrogen-bond acceptors (Lipinski definition) is 3. The molecule has 2 aliphatic heterocycles. The third kappa shape index (κ3) is 2.49. The second-order valence-electron chi connectivity index (χ2n) is 5.00. The van der Waals surface area contributed by atoms with Gasteiger partial charge < -0.3 is 10.5 Å². The zero-order chi connectivity index (χ0) is 11.8. The van der Waals surface area contributed by atoms with Crippen molar-refractivity contribution in [1.82, 2.24) is 4.90 Å². The molecule has 2 aliphatic rings. The van der Waals surface area contributed by atoms with Crippen LogP contribution in [0.25, 0.3) is 0 Å². The van der Waals surface area contributed by atoms with E-state index in [1.54, 1.807) is 0 Å². The van der Waals surface area contributed by atoms with E-state index in [1.165, 1.54) is 5.56 Å². The van der Waals surface area contributed by atoms with Crippen molar-refractivity contribution in [1.29, 1.82) is 0 Å². The first-order valence-electron chi connectivity index (χ1n) is 6.14. The molecule has 1 saturated heterocycles. The van der Waals surface area contributed by atoms with E-state index in [4.69, 9.17) is 10.5 Å². The standard InChI is InChI=1S/C13H17BrN2O/c14-10-1-2-13-9(5-10)6-12(17-13)8-16-4-3-11(15)7-16/h1-2,5,11-12H,3-4,6-8,15H2/t11-,12?/m0/s1. The SMILES string of the molecule is N[C@H]1CCN(CC2Cc3cc(Br)ccc3O2)C1. The number of fused-ring (bicyclic) bond motifs is 1. The number of likely N-dealkylation sites (tertiary alicyclic amines) is 1. The average molecular weight is 297 g/mol. The monoisotopic (exact) mass is 296 g/mol. The Morgan fingerprint density at radius 3 is 3.12 bits per heavy atom. The van der Waals surface area contributed by atoms with Gasteiger partial charge in [0.05, 0.1) is 0 Å². The molecular weight excluding hydrogens is 280 g/mol. The van der Waals surface area contributed by atoms with Gasteiger partial charge in [-0.05, 0) is 36.7 Å². The fourth-order valence-corrected chi connectivity index (χ4v) is 3.12. The van der Waals surface area contributed by atoms with Crippen molar-refractivity contribution in [3.8, 4) is 5.75 Å². The Hall–Kier alpha value is -0.580. The molecule has 92 valence electrons. The largest absolute Gasteiger partial charge is 0.488 e. The van der Waals surface area contributed by atoms with Gasteiger partial charge in [-0.25, -0.2) is 0 Å². The number of benzene rings is 1. The molecule has 2 N–H and O–H groups in total. The highest BCUT2D eigenvalue weighted by atomic mass is 79.9. The van der Waals surface area contributed by atoms with Crippen LogP contribution in [-0.4, -0.2) is 36.7 Å². The molecule has 0 aliphatic carbocycles. The van der Waals surface area contributed by atoms with E-state index in [-0.39, 0.29) is 0 Å². The summed E-state index contributed by atoms with van der Waals surface area (Å²) in [5.74, 6) is 1.04. The van der Waals surface area contributed by atoms with Gasteiger partial charge in [0.2, 0.25) is 0 Å². The van der Waals surface area contributed by atoms with Gasteiger partial charge in [-0.1, -0.05) is 15.9 Å². The highest BCUT2D eigenvalue weighted by Gasteiger charge is 2.27. The van der Waals surface area contributed by atoms with Gasteiger partial charge in [-0.3, -0.25) is 4.90 Å². The van der Waals surface area contributed by atoms with Crippen molar-refractivity contribution in [3.63, 3.8) is 0 Å². The fraction of sp³-hybridized carbons (Fsp3) is 0.538. The summed E-state index contributed by atoms with van der Waals surface area (Å²) < 4.78 is 7.08. The molecule has 3 nitrogen and oxygen atoms in total. The molecule has 2 atom stereocenters. The first-order chi connectivity index (χ1) is 8.20. The molecule has 4 heteroatoms. The van der Waals surface area contributed by atoms with Crippen LogP contribution >= 0.6 is 15.9 Å². The molecule has 1 unspecified atom stereocenters. The van der Waals surface area contributed by atoms with Crippen LogP contribution in [0.5, 0.6) is 5.75 Å². The van der Waals surface area contributed by atoms with Gasteiger partial charge in [0.25, 0.3) is 0 Å². The number of hydrogen-bond donors (Lipinski definition) is 1. The Kier molecular flexibility index (Phi) is 3.11. The minimum Gasteiger partial charge on any atom is -0.488 e. The maximum absolute atomic E-state index is 5.96. The molecule has 1 aromatic rings. The highest BCUT2D eigenvalue weighted by Crippen LogP contribution is 2.31. The van der Waals surface area contributed by atoms with Crippen molar-refractivity contribution >= 4 is 15.9 Å². The Balaban J connectivity index is 1.62. The van der Waals surface area contributed by atoms with Crippen LogP contribution in [0.2, 0.25) is 0 Å². The van der Waals surface area contributed by atoms with Crippen molar-refractivity contribution < 1.29 is 4.74 Å². The lowest BCUT2D eigenvalue weighted by Gasteiger charge is -2.19. The number of rotatable bonds is 2. The summed E-state index contributed by atoms with van der Waals surface area (Å²) >= 11 is 3.50. The van der Waals surface area contributed by atoms with E-state index < -0.39 is 0 Å². The lowest BCUT2D eigenvalue weighted by molar-refractivity contribution is 0.167. The predicted molar refractivity (Wildman–Crippen MR) is 71.3 cm³/mol. The summed E-state index contributed by atoms with van der Waals surface area (Å²) in [5, 5.41) is 0. The lowest BCUT2D eigenvalue weighted by atomic mass is 10.1.